The zero-order chi connectivity index (χ0) is 13.0. The van der Waals surface area contributed by atoms with Gasteiger partial charge in [0.15, 0.2) is 0 Å². The third-order valence-electron chi connectivity index (χ3n) is 1.90. The fraction of sp³-hybridized carbons (Fsp3) is 0.300. The second kappa shape index (κ2) is 5.58. The van der Waals surface area contributed by atoms with E-state index in [1.807, 2.05) is 0 Å². The molecule has 1 amide bonds. The van der Waals surface area contributed by atoms with E-state index in [4.69, 9.17) is 11.6 Å². The third kappa shape index (κ3) is 3.99. The second-order valence-corrected chi connectivity index (χ2v) is 4.19. The molecule has 1 unspecified atom stereocenters. The summed E-state index contributed by atoms with van der Waals surface area (Å²) in [5.74, 6) is -1.43. The fourth-order valence-corrected chi connectivity index (χ4v) is 1.22. The first kappa shape index (κ1) is 13.4. The van der Waals surface area contributed by atoms with E-state index in [0.717, 1.165) is 18.2 Å². The molecule has 1 aromatic rings. The maximum Gasteiger partial charge on any atom is 0.273 e. The quantitative estimate of drug-likeness (QED) is 0.512. The Kier molecular flexibility index (Phi) is 4.39. The van der Waals surface area contributed by atoms with Crippen LogP contribution in [0.25, 0.3) is 0 Å². The van der Waals surface area contributed by atoms with E-state index in [0.29, 0.717) is 0 Å². The average molecular weight is 261 g/mol. The van der Waals surface area contributed by atoms with Crippen LogP contribution >= 0.6 is 11.6 Å². The van der Waals surface area contributed by atoms with E-state index in [1.165, 1.54) is 0 Å². The zero-order valence-electron chi connectivity index (χ0n) is 8.94. The number of halogens is 2. The molecule has 17 heavy (non-hydrogen) atoms. The van der Waals surface area contributed by atoms with Crippen LogP contribution in [0.15, 0.2) is 18.2 Å². The smallest absolute Gasteiger partial charge is 0.273 e. The number of non-ortho nitro benzene ring substituents is 1. The Balaban J connectivity index is 2.90. The van der Waals surface area contributed by atoms with Gasteiger partial charge in [0.25, 0.3) is 11.6 Å². The van der Waals surface area contributed by atoms with E-state index < -0.39 is 22.3 Å². The summed E-state index contributed by atoms with van der Waals surface area (Å²) >= 11 is 5.63. The highest BCUT2D eigenvalue weighted by Crippen LogP contribution is 2.16. The highest BCUT2D eigenvalue weighted by molar-refractivity contribution is 6.20. The number of nitrogens with zero attached hydrogens (tertiary/aromatic N) is 1. The van der Waals surface area contributed by atoms with E-state index >= 15 is 0 Å². The Morgan fingerprint density at radius 1 is 1.59 bits per heavy atom. The molecule has 7 heteroatoms. The minimum atomic E-state index is -0.830. The summed E-state index contributed by atoms with van der Waals surface area (Å²) in [5, 5.41) is 12.6. The Bertz CT molecular complexity index is 451. The van der Waals surface area contributed by atoms with Crippen molar-refractivity contribution in [1.29, 1.82) is 0 Å². The van der Waals surface area contributed by atoms with Gasteiger partial charge in [-0.05, 0) is 13.0 Å². The molecule has 1 aromatic carbocycles. The number of nitro groups is 1. The number of benzene rings is 1. The summed E-state index contributed by atoms with van der Waals surface area (Å²) in [4.78, 5) is 21.2. The lowest BCUT2D eigenvalue weighted by molar-refractivity contribution is -0.385. The van der Waals surface area contributed by atoms with Gasteiger partial charge in [0.1, 0.15) is 5.82 Å². The minimum Gasteiger partial charge on any atom is -0.351 e. The van der Waals surface area contributed by atoms with Crippen LogP contribution in [0.3, 0.4) is 0 Å². The first-order valence-corrected chi connectivity index (χ1v) is 5.21. The van der Waals surface area contributed by atoms with Crippen molar-refractivity contribution in [2.45, 2.75) is 12.3 Å². The van der Waals surface area contributed by atoms with Crippen LogP contribution in [0, 0.1) is 15.9 Å². The zero-order valence-corrected chi connectivity index (χ0v) is 9.70. The van der Waals surface area contributed by atoms with Crippen molar-refractivity contribution in [2.75, 3.05) is 6.54 Å². The first-order valence-electron chi connectivity index (χ1n) is 4.77. The maximum absolute atomic E-state index is 13.0. The van der Waals surface area contributed by atoms with Crippen LogP contribution in [-0.4, -0.2) is 22.8 Å². The molecule has 1 N–H and O–H groups in total. The van der Waals surface area contributed by atoms with Gasteiger partial charge in [-0.3, -0.25) is 14.9 Å². The lowest BCUT2D eigenvalue weighted by atomic mass is 10.2. The van der Waals surface area contributed by atoms with Crippen molar-refractivity contribution in [1.82, 2.24) is 5.32 Å². The molecular weight excluding hydrogens is 251 g/mol. The predicted molar refractivity (Wildman–Crippen MR) is 60.7 cm³/mol. The molecule has 0 radical (unpaired) electrons. The molecule has 1 rings (SSSR count). The van der Waals surface area contributed by atoms with Gasteiger partial charge in [-0.15, -0.1) is 11.6 Å². The molecule has 0 spiro atoms. The fourth-order valence-electron chi connectivity index (χ4n) is 1.15. The largest absolute Gasteiger partial charge is 0.351 e. The topological polar surface area (TPSA) is 72.2 Å². The van der Waals surface area contributed by atoms with Gasteiger partial charge in [0.05, 0.1) is 11.0 Å². The summed E-state index contributed by atoms with van der Waals surface area (Å²) in [6, 6.07) is 2.69. The molecule has 0 aliphatic rings. The molecule has 1 atom stereocenters. The van der Waals surface area contributed by atoms with Gasteiger partial charge in [-0.2, -0.15) is 0 Å². The molecule has 0 saturated carbocycles. The van der Waals surface area contributed by atoms with Crippen molar-refractivity contribution in [3.8, 4) is 0 Å². The number of amides is 1. The van der Waals surface area contributed by atoms with Gasteiger partial charge >= 0.3 is 0 Å². The third-order valence-corrected chi connectivity index (χ3v) is 2.05. The summed E-state index contributed by atoms with van der Waals surface area (Å²) in [6.07, 6.45) is 0. The normalized spacial score (nSPS) is 11.9. The van der Waals surface area contributed by atoms with Gasteiger partial charge in [-0.1, -0.05) is 0 Å². The first-order chi connectivity index (χ1) is 7.90. The van der Waals surface area contributed by atoms with E-state index in [-0.39, 0.29) is 17.5 Å². The molecule has 0 saturated heterocycles. The second-order valence-electron chi connectivity index (χ2n) is 3.45. The standard InChI is InChI=1S/C10H10ClFN2O3/c1-6(11)5-13-10(15)7-2-8(12)4-9(3-7)14(16)17/h2-4,6H,5H2,1H3,(H,13,15). The number of carbonyl (C=O) groups excluding carboxylic acids is 1. The summed E-state index contributed by atoms with van der Waals surface area (Å²) in [6.45, 7) is 1.88. The van der Waals surface area contributed by atoms with Crippen LogP contribution in [0.5, 0.6) is 0 Å². The van der Waals surface area contributed by atoms with Crippen LogP contribution in [0.1, 0.15) is 17.3 Å². The summed E-state index contributed by atoms with van der Waals surface area (Å²) in [7, 11) is 0. The Labute approximate surface area is 102 Å². The lowest BCUT2D eigenvalue weighted by Gasteiger charge is -2.06. The number of rotatable bonds is 4. The summed E-state index contributed by atoms with van der Waals surface area (Å²) in [5.41, 5.74) is -0.567. The molecule has 0 aliphatic heterocycles. The van der Waals surface area contributed by atoms with Crippen LogP contribution < -0.4 is 5.32 Å². The molecule has 0 aromatic heterocycles. The highest BCUT2D eigenvalue weighted by Gasteiger charge is 2.14. The number of nitrogens with one attached hydrogen (secondary N) is 1. The minimum absolute atomic E-state index is 0.103. The van der Waals surface area contributed by atoms with Crippen molar-refractivity contribution < 1.29 is 14.1 Å². The van der Waals surface area contributed by atoms with Gasteiger partial charge in [0.2, 0.25) is 0 Å². The van der Waals surface area contributed by atoms with Crippen LogP contribution in [0.4, 0.5) is 10.1 Å². The number of hydrogen-bond acceptors (Lipinski definition) is 3. The maximum atomic E-state index is 13.0. The lowest BCUT2D eigenvalue weighted by Crippen LogP contribution is -2.28. The molecule has 0 heterocycles. The van der Waals surface area contributed by atoms with E-state index in [2.05, 4.69) is 5.32 Å². The number of alkyl halides is 1. The van der Waals surface area contributed by atoms with Crippen molar-refractivity contribution in [3.05, 3.63) is 39.7 Å². The van der Waals surface area contributed by atoms with Crippen molar-refractivity contribution >= 4 is 23.2 Å². The van der Waals surface area contributed by atoms with Gasteiger partial charge in [-0.25, -0.2) is 4.39 Å². The van der Waals surface area contributed by atoms with Crippen LogP contribution in [0.2, 0.25) is 0 Å². The predicted octanol–water partition coefficient (Wildman–Crippen LogP) is 2.09. The van der Waals surface area contributed by atoms with Crippen molar-refractivity contribution in [3.63, 3.8) is 0 Å². The Hall–Kier alpha value is -1.69. The monoisotopic (exact) mass is 260 g/mol. The molecular formula is C10H10ClFN2O3. The summed E-state index contributed by atoms with van der Waals surface area (Å²) < 4.78 is 13.0. The van der Waals surface area contributed by atoms with Crippen LogP contribution in [-0.2, 0) is 0 Å². The van der Waals surface area contributed by atoms with E-state index in [1.54, 1.807) is 6.92 Å². The molecule has 5 nitrogen and oxygen atoms in total. The molecule has 0 aliphatic carbocycles. The van der Waals surface area contributed by atoms with Gasteiger partial charge < -0.3 is 5.32 Å². The Morgan fingerprint density at radius 2 is 2.24 bits per heavy atom. The molecule has 0 fully saturated rings. The highest BCUT2D eigenvalue weighted by atomic mass is 35.5. The number of nitro benzene ring substituents is 1. The van der Waals surface area contributed by atoms with Gasteiger partial charge in [0, 0.05) is 23.6 Å². The average Bonchev–Trinajstić information content (AvgIpc) is 2.24. The SMILES string of the molecule is CC(Cl)CNC(=O)c1cc(F)cc([N+](=O)[O-])c1. The number of hydrogen-bond donors (Lipinski definition) is 1. The van der Waals surface area contributed by atoms with Crippen molar-refractivity contribution in [2.24, 2.45) is 0 Å². The van der Waals surface area contributed by atoms with E-state index in [9.17, 15) is 19.3 Å². The Morgan fingerprint density at radius 3 is 2.76 bits per heavy atom. The number of carbonyl (C=O) groups is 1. The molecule has 0 bridgehead atoms. The molecule has 92 valence electrons.